The van der Waals surface area contributed by atoms with Crippen molar-refractivity contribution < 1.29 is 4.79 Å². The van der Waals surface area contributed by atoms with Crippen LogP contribution < -0.4 is 10.6 Å². The van der Waals surface area contributed by atoms with Crippen LogP contribution in [0.25, 0.3) is 0 Å². The second-order valence-corrected chi connectivity index (χ2v) is 6.47. The Bertz CT molecular complexity index is 489. The molecular weight excluding hydrogens is 292 g/mol. The molecular formula is C15H21ClN2OS. The van der Waals surface area contributed by atoms with Crippen LogP contribution in [-0.4, -0.2) is 25.3 Å². The Hall–Kier alpha value is -0.710. The third-order valence-electron chi connectivity index (χ3n) is 4.44. The topological polar surface area (TPSA) is 41.1 Å². The van der Waals surface area contributed by atoms with E-state index < -0.39 is 0 Å². The Balaban J connectivity index is 0.00000147. The van der Waals surface area contributed by atoms with Gasteiger partial charge in [0.05, 0.1) is 0 Å². The number of nitrogens with one attached hydrogen (secondary N) is 2. The number of thioether (sulfide) groups is 1. The third kappa shape index (κ3) is 3.13. The van der Waals surface area contributed by atoms with E-state index in [0.717, 1.165) is 38.0 Å². The molecule has 2 fully saturated rings. The largest absolute Gasteiger partial charge is 0.326 e. The molecule has 1 aromatic rings. The molecule has 3 nitrogen and oxygen atoms in total. The second-order valence-electron chi connectivity index (χ2n) is 5.59. The molecule has 1 amide bonds. The highest BCUT2D eigenvalue weighted by Crippen LogP contribution is 2.58. The van der Waals surface area contributed by atoms with Crippen LogP contribution in [0.4, 0.5) is 5.69 Å². The van der Waals surface area contributed by atoms with Crippen molar-refractivity contribution in [1.82, 2.24) is 5.32 Å². The van der Waals surface area contributed by atoms with Gasteiger partial charge in [-0.2, -0.15) is 0 Å². The summed E-state index contributed by atoms with van der Waals surface area (Å²) in [6.45, 7) is 2.12. The van der Waals surface area contributed by atoms with Crippen LogP contribution in [0.5, 0.6) is 0 Å². The van der Waals surface area contributed by atoms with Gasteiger partial charge in [0.2, 0.25) is 5.91 Å². The van der Waals surface area contributed by atoms with E-state index in [1.54, 1.807) is 11.8 Å². The van der Waals surface area contributed by atoms with Crippen molar-refractivity contribution in [1.29, 1.82) is 0 Å². The SMILES string of the molecule is CSc1cccc(NC(=O)C2CC23CCNCC3)c1.Cl. The van der Waals surface area contributed by atoms with Crippen LogP contribution in [0.2, 0.25) is 0 Å². The van der Waals surface area contributed by atoms with Crippen LogP contribution in [0.15, 0.2) is 29.2 Å². The van der Waals surface area contributed by atoms with E-state index >= 15 is 0 Å². The maximum absolute atomic E-state index is 12.3. The maximum atomic E-state index is 12.3. The minimum Gasteiger partial charge on any atom is -0.326 e. The lowest BCUT2D eigenvalue weighted by Gasteiger charge is -2.23. The normalized spacial score (nSPS) is 22.9. The molecule has 20 heavy (non-hydrogen) atoms. The lowest BCUT2D eigenvalue weighted by Crippen LogP contribution is -2.31. The summed E-state index contributed by atoms with van der Waals surface area (Å²) in [5.74, 6) is 0.438. The smallest absolute Gasteiger partial charge is 0.228 e. The molecule has 1 saturated carbocycles. The summed E-state index contributed by atoms with van der Waals surface area (Å²) in [6, 6.07) is 8.07. The molecule has 0 radical (unpaired) electrons. The number of halogens is 1. The summed E-state index contributed by atoms with van der Waals surface area (Å²) in [5.41, 5.74) is 1.24. The maximum Gasteiger partial charge on any atom is 0.228 e. The Morgan fingerprint density at radius 1 is 1.40 bits per heavy atom. The monoisotopic (exact) mass is 312 g/mol. The van der Waals surface area contributed by atoms with Gasteiger partial charge in [0.15, 0.2) is 0 Å². The van der Waals surface area contributed by atoms with Crippen molar-refractivity contribution in [2.75, 3.05) is 24.7 Å². The number of hydrogen-bond acceptors (Lipinski definition) is 3. The predicted octanol–water partition coefficient (Wildman–Crippen LogP) is 3.16. The number of hydrogen-bond donors (Lipinski definition) is 2. The van der Waals surface area contributed by atoms with E-state index in [1.165, 1.54) is 4.90 Å². The highest BCUT2D eigenvalue weighted by Gasteiger charge is 2.57. The zero-order chi connectivity index (χ0) is 13.3. The van der Waals surface area contributed by atoms with Crippen LogP contribution in [-0.2, 0) is 4.79 Å². The third-order valence-corrected chi connectivity index (χ3v) is 5.17. The van der Waals surface area contributed by atoms with Crippen LogP contribution in [0.3, 0.4) is 0 Å². The van der Waals surface area contributed by atoms with Gasteiger partial charge in [0.25, 0.3) is 0 Å². The molecule has 110 valence electrons. The first kappa shape index (κ1) is 15.7. The first-order valence-corrected chi connectivity index (χ1v) is 8.12. The van der Waals surface area contributed by atoms with Crippen molar-refractivity contribution in [2.24, 2.45) is 11.3 Å². The van der Waals surface area contributed by atoms with E-state index in [4.69, 9.17) is 0 Å². The molecule has 0 aromatic heterocycles. The Labute approximate surface area is 130 Å². The number of benzene rings is 1. The van der Waals surface area contributed by atoms with E-state index in [2.05, 4.69) is 16.7 Å². The van der Waals surface area contributed by atoms with Crippen LogP contribution in [0.1, 0.15) is 19.3 Å². The van der Waals surface area contributed by atoms with E-state index in [0.29, 0.717) is 5.41 Å². The van der Waals surface area contributed by atoms with Gasteiger partial charge >= 0.3 is 0 Å². The molecule has 1 unspecified atom stereocenters. The highest BCUT2D eigenvalue weighted by molar-refractivity contribution is 7.98. The molecule has 2 aliphatic rings. The summed E-state index contributed by atoms with van der Waals surface area (Å²) in [4.78, 5) is 13.5. The zero-order valence-corrected chi connectivity index (χ0v) is 13.3. The number of carbonyl (C=O) groups excluding carboxylic acids is 1. The molecule has 5 heteroatoms. The average molecular weight is 313 g/mol. The van der Waals surface area contributed by atoms with Gasteiger partial charge in [0.1, 0.15) is 0 Å². The molecule has 0 bridgehead atoms. The number of anilines is 1. The number of amides is 1. The Morgan fingerprint density at radius 2 is 2.15 bits per heavy atom. The predicted molar refractivity (Wildman–Crippen MR) is 86.7 cm³/mol. The first-order chi connectivity index (χ1) is 9.23. The van der Waals surface area contributed by atoms with Crippen molar-refractivity contribution in [2.45, 2.75) is 24.2 Å². The second kappa shape index (κ2) is 6.37. The molecule has 1 aromatic carbocycles. The fraction of sp³-hybridized carbons (Fsp3) is 0.533. The van der Waals surface area contributed by atoms with Gasteiger partial charge in [0, 0.05) is 16.5 Å². The lowest BCUT2D eigenvalue weighted by molar-refractivity contribution is -0.118. The average Bonchev–Trinajstić information content (AvgIpc) is 3.13. The van der Waals surface area contributed by atoms with Crippen molar-refractivity contribution in [3.8, 4) is 0 Å². The number of piperidine rings is 1. The molecule has 1 aliphatic heterocycles. The van der Waals surface area contributed by atoms with Crippen LogP contribution in [0, 0.1) is 11.3 Å². The Morgan fingerprint density at radius 3 is 2.85 bits per heavy atom. The molecule has 2 N–H and O–H groups in total. The summed E-state index contributed by atoms with van der Waals surface area (Å²) < 4.78 is 0. The first-order valence-electron chi connectivity index (χ1n) is 6.89. The van der Waals surface area contributed by atoms with Crippen molar-refractivity contribution in [3.63, 3.8) is 0 Å². The number of rotatable bonds is 3. The minimum absolute atomic E-state index is 0. The summed E-state index contributed by atoms with van der Waals surface area (Å²) in [7, 11) is 0. The zero-order valence-electron chi connectivity index (χ0n) is 11.6. The van der Waals surface area contributed by atoms with Gasteiger partial charge in [-0.1, -0.05) is 6.07 Å². The van der Waals surface area contributed by atoms with Gasteiger partial charge in [-0.3, -0.25) is 4.79 Å². The summed E-state index contributed by atoms with van der Waals surface area (Å²) in [5, 5.41) is 6.45. The molecule has 1 atom stereocenters. The minimum atomic E-state index is 0. The molecule has 1 aliphatic carbocycles. The van der Waals surface area contributed by atoms with Crippen molar-refractivity contribution in [3.05, 3.63) is 24.3 Å². The van der Waals surface area contributed by atoms with Crippen molar-refractivity contribution >= 4 is 35.8 Å². The quantitative estimate of drug-likeness (QED) is 0.842. The number of carbonyl (C=O) groups is 1. The fourth-order valence-corrected chi connectivity index (χ4v) is 3.59. The van der Waals surface area contributed by atoms with Gasteiger partial charge < -0.3 is 10.6 Å². The Kier molecular flexibility index (Phi) is 4.99. The molecule has 1 heterocycles. The lowest BCUT2D eigenvalue weighted by atomic mass is 9.92. The summed E-state index contributed by atoms with van der Waals surface area (Å²) >= 11 is 1.70. The fourth-order valence-electron chi connectivity index (χ4n) is 3.13. The van der Waals surface area contributed by atoms with E-state index in [-0.39, 0.29) is 24.2 Å². The molecule has 3 rings (SSSR count). The molecule has 1 spiro atoms. The van der Waals surface area contributed by atoms with Crippen LogP contribution >= 0.6 is 24.2 Å². The standard InChI is InChI=1S/C15H20N2OS.ClH/c1-19-12-4-2-3-11(9-12)17-14(18)13-10-15(13)5-7-16-8-6-15;/h2-4,9,13,16H,5-8,10H2,1H3,(H,17,18);1H. The van der Waals surface area contributed by atoms with Gasteiger partial charge in [-0.25, -0.2) is 0 Å². The van der Waals surface area contributed by atoms with Gasteiger partial charge in [-0.15, -0.1) is 24.2 Å². The summed E-state index contributed by atoms with van der Waals surface area (Å²) in [6.07, 6.45) is 5.42. The molecule has 1 saturated heterocycles. The van der Waals surface area contributed by atoms with E-state index in [1.807, 2.05) is 24.5 Å². The van der Waals surface area contributed by atoms with E-state index in [9.17, 15) is 4.79 Å². The van der Waals surface area contributed by atoms with Gasteiger partial charge in [-0.05, 0) is 62.2 Å². The highest BCUT2D eigenvalue weighted by atomic mass is 35.5.